The van der Waals surface area contributed by atoms with Gasteiger partial charge in [-0.1, -0.05) is 17.7 Å². The minimum atomic E-state index is 0.00715. The molecule has 1 aromatic carbocycles. The number of H-pyrrole nitrogens is 1. The van der Waals surface area contributed by atoms with Crippen LogP contribution in [0.4, 0.5) is 0 Å². The molecular weight excluding hydrogens is 238 g/mol. The van der Waals surface area contributed by atoms with E-state index in [4.69, 9.17) is 0 Å². The number of aromatic amines is 1. The highest BCUT2D eigenvalue weighted by atomic mass is 16.1. The zero-order valence-electron chi connectivity index (χ0n) is 12.0. The van der Waals surface area contributed by atoms with Gasteiger partial charge in [0.05, 0.1) is 5.69 Å². The van der Waals surface area contributed by atoms with E-state index in [0.717, 1.165) is 35.5 Å². The quantitative estimate of drug-likeness (QED) is 0.880. The number of aryl methyl sites for hydroxylation is 2. The first-order chi connectivity index (χ1) is 9.04. The van der Waals surface area contributed by atoms with Crippen LogP contribution in [-0.2, 0) is 6.42 Å². The van der Waals surface area contributed by atoms with Crippen molar-refractivity contribution in [2.24, 2.45) is 0 Å². The molecule has 4 heteroatoms. The maximum Gasteiger partial charge on any atom is 0.267 e. The van der Waals surface area contributed by atoms with Gasteiger partial charge in [-0.25, -0.2) is 0 Å². The molecule has 0 amide bonds. The van der Waals surface area contributed by atoms with Gasteiger partial charge in [0.15, 0.2) is 0 Å². The summed E-state index contributed by atoms with van der Waals surface area (Å²) >= 11 is 0. The summed E-state index contributed by atoms with van der Waals surface area (Å²) in [6.07, 6.45) is 0.746. The second-order valence-corrected chi connectivity index (χ2v) is 4.98. The third kappa shape index (κ3) is 2.63. The van der Waals surface area contributed by atoms with Gasteiger partial charge in [-0.2, -0.15) is 0 Å². The van der Waals surface area contributed by atoms with E-state index in [2.05, 4.69) is 42.5 Å². The Kier molecular flexibility index (Phi) is 3.90. The third-order valence-electron chi connectivity index (χ3n) is 3.48. The predicted octanol–water partition coefficient (Wildman–Crippen LogP) is 1.85. The number of likely N-dealkylation sites (N-methyl/N-ethyl adjacent to an activating group) is 1. The van der Waals surface area contributed by atoms with Gasteiger partial charge in [-0.3, -0.25) is 14.6 Å². The normalized spacial score (nSPS) is 10.9. The zero-order valence-corrected chi connectivity index (χ0v) is 12.0. The largest absolute Gasteiger partial charge is 0.319 e. The van der Waals surface area contributed by atoms with Crippen molar-refractivity contribution >= 4 is 0 Å². The molecule has 0 saturated carbocycles. The van der Waals surface area contributed by atoms with Crippen molar-refractivity contribution in [3.05, 3.63) is 50.9 Å². The zero-order chi connectivity index (χ0) is 14.0. The molecule has 0 saturated heterocycles. The van der Waals surface area contributed by atoms with Crippen LogP contribution >= 0.6 is 0 Å². The molecule has 0 aliphatic rings. The Balaban J connectivity index is 2.48. The lowest BCUT2D eigenvalue weighted by Gasteiger charge is -2.10. The predicted molar refractivity (Wildman–Crippen MR) is 78.2 cm³/mol. The maximum absolute atomic E-state index is 12.0. The van der Waals surface area contributed by atoms with E-state index in [-0.39, 0.29) is 5.56 Å². The summed E-state index contributed by atoms with van der Waals surface area (Å²) in [5.74, 6) is 0. The van der Waals surface area contributed by atoms with Crippen LogP contribution in [-0.4, -0.2) is 23.4 Å². The summed E-state index contributed by atoms with van der Waals surface area (Å²) in [4.78, 5) is 12.0. The number of nitrogens with one attached hydrogen (secondary N) is 2. The van der Waals surface area contributed by atoms with E-state index >= 15 is 0 Å². The molecule has 0 atom stereocenters. The van der Waals surface area contributed by atoms with Crippen LogP contribution in [0.1, 0.15) is 22.4 Å². The first-order valence-electron chi connectivity index (χ1n) is 6.57. The number of benzene rings is 1. The van der Waals surface area contributed by atoms with Gasteiger partial charge in [0.25, 0.3) is 5.56 Å². The lowest BCUT2D eigenvalue weighted by molar-refractivity contribution is 0.783. The number of nitrogens with zero attached hydrogens (tertiary/aromatic N) is 1. The van der Waals surface area contributed by atoms with E-state index in [1.165, 1.54) is 5.56 Å². The maximum atomic E-state index is 12.0. The average Bonchev–Trinajstić information content (AvgIpc) is 2.63. The third-order valence-corrected chi connectivity index (χ3v) is 3.48. The van der Waals surface area contributed by atoms with Gasteiger partial charge in [0, 0.05) is 11.3 Å². The molecule has 0 bridgehead atoms. The highest BCUT2D eigenvalue weighted by Gasteiger charge is 2.12. The Labute approximate surface area is 113 Å². The Bertz CT molecular complexity index is 637. The standard InChI is InChI=1S/C15H21N3O/c1-10-5-6-14(11(2)9-10)18-12(3)13(7-8-16-4)15(19)17-18/h5-6,9,16H,7-8H2,1-4H3,(H,17,19). The summed E-state index contributed by atoms with van der Waals surface area (Å²) in [6.45, 7) is 6.93. The fourth-order valence-electron chi connectivity index (χ4n) is 2.39. The summed E-state index contributed by atoms with van der Waals surface area (Å²) in [6, 6.07) is 6.24. The molecule has 0 radical (unpaired) electrons. The molecule has 2 aromatic rings. The Hall–Kier alpha value is -1.81. The van der Waals surface area contributed by atoms with Crippen molar-refractivity contribution in [1.29, 1.82) is 0 Å². The molecule has 0 aliphatic heterocycles. The van der Waals surface area contributed by atoms with E-state index in [9.17, 15) is 4.79 Å². The van der Waals surface area contributed by atoms with Crippen LogP contribution < -0.4 is 10.9 Å². The van der Waals surface area contributed by atoms with Gasteiger partial charge in [0.2, 0.25) is 0 Å². The monoisotopic (exact) mass is 259 g/mol. The number of hydrogen-bond donors (Lipinski definition) is 2. The Morgan fingerprint density at radius 1 is 1.26 bits per heavy atom. The fourth-order valence-corrected chi connectivity index (χ4v) is 2.39. The summed E-state index contributed by atoms with van der Waals surface area (Å²) in [7, 11) is 1.89. The van der Waals surface area contributed by atoms with Gasteiger partial charge in [0.1, 0.15) is 0 Å². The highest BCUT2D eigenvalue weighted by Crippen LogP contribution is 2.17. The molecule has 0 fully saturated rings. The lowest BCUT2D eigenvalue weighted by Crippen LogP contribution is -2.15. The van der Waals surface area contributed by atoms with Gasteiger partial charge in [-0.05, 0) is 52.4 Å². The molecule has 1 heterocycles. The topological polar surface area (TPSA) is 49.8 Å². The van der Waals surface area contributed by atoms with Crippen LogP contribution in [0.2, 0.25) is 0 Å². The minimum absolute atomic E-state index is 0.00715. The van der Waals surface area contributed by atoms with Crippen molar-refractivity contribution in [3.63, 3.8) is 0 Å². The van der Waals surface area contributed by atoms with Gasteiger partial charge < -0.3 is 5.32 Å². The van der Waals surface area contributed by atoms with Crippen LogP contribution in [0.25, 0.3) is 5.69 Å². The first kappa shape index (κ1) is 13.6. The van der Waals surface area contributed by atoms with Crippen molar-refractivity contribution in [2.75, 3.05) is 13.6 Å². The van der Waals surface area contributed by atoms with E-state index < -0.39 is 0 Å². The minimum Gasteiger partial charge on any atom is -0.319 e. The molecule has 0 aliphatic carbocycles. The average molecular weight is 259 g/mol. The van der Waals surface area contributed by atoms with Gasteiger partial charge in [-0.15, -0.1) is 0 Å². The number of hydrogen-bond acceptors (Lipinski definition) is 2. The van der Waals surface area contributed by atoms with Gasteiger partial charge >= 0.3 is 0 Å². The Morgan fingerprint density at radius 3 is 2.63 bits per heavy atom. The van der Waals surface area contributed by atoms with E-state index in [0.29, 0.717) is 0 Å². The molecule has 2 N–H and O–H groups in total. The Morgan fingerprint density at radius 2 is 2.00 bits per heavy atom. The molecular formula is C15H21N3O. The van der Waals surface area contributed by atoms with Crippen LogP contribution in [0.3, 0.4) is 0 Å². The summed E-state index contributed by atoms with van der Waals surface area (Å²) in [5.41, 5.74) is 5.28. The molecule has 2 rings (SSSR count). The second kappa shape index (κ2) is 5.45. The first-order valence-corrected chi connectivity index (χ1v) is 6.57. The molecule has 4 nitrogen and oxygen atoms in total. The second-order valence-electron chi connectivity index (χ2n) is 4.98. The number of rotatable bonds is 4. The molecule has 102 valence electrons. The fraction of sp³-hybridized carbons (Fsp3) is 0.400. The molecule has 1 aromatic heterocycles. The smallest absolute Gasteiger partial charge is 0.267 e. The SMILES string of the molecule is CNCCc1c(C)n(-c2ccc(C)cc2C)[nH]c1=O. The number of aromatic nitrogens is 2. The van der Waals surface area contributed by atoms with Crippen LogP contribution in [0, 0.1) is 20.8 Å². The molecule has 0 spiro atoms. The van der Waals surface area contributed by atoms with Crippen molar-refractivity contribution in [2.45, 2.75) is 27.2 Å². The molecule has 0 unspecified atom stereocenters. The van der Waals surface area contributed by atoms with E-state index in [1.807, 2.05) is 18.7 Å². The van der Waals surface area contributed by atoms with Crippen LogP contribution in [0.5, 0.6) is 0 Å². The van der Waals surface area contributed by atoms with E-state index in [1.54, 1.807) is 0 Å². The van der Waals surface area contributed by atoms with Crippen molar-refractivity contribution < 1.29 is 0 Å². The lowest BCUT2D eigenvalue weighted by atomic mass is 10.1. The van der Waals surface area contributed by atoms with Crippen LogP contribution in [0.15, 0.2) is 23.0 Å². The highest BCUT2D eigenvalue weighted by molar-refractivity contribution is 5.43. The summed E-state index contributed by atoms with van der Waals surface area (Å²) in [5, 5.41) is 6.01. The van der Waals surface area contributed by atoms with Crippen molar-refractivity contribution in [3.8, 4) is 5.69 Å². The molecule has 19 heavy (non-hydrogen) atoms. The van der Waals surface area contributed by atoms with Crippen molar-refractivity contribution in [1.82, 2.24) is 15.1 Å². The summed E-state index contributed by atoms with van der Waals surface area (Å²) < 4.78 is 1.89.